The summed E-state index contributed by atoms with van der Waals surface area (Å²) < 4.78 is 13.1. The number of nitrogens with one attached hydrogen (secondary N) is 1. The van der Waals surface area contributed by atoms with Crippen molar-refractivity contribution in [2.45, 2.75) is 0 Å². The summed E-state index contributed by atoms with van der Waals surface area (Å²) in [5.41, 5.74) is 1.74. The summed E-state index contributed by atoms with van der Waals surface area (Å²) in [7, 11) is 0. The minimum atomic E-state index is -0.433. The predicted octanol–water partition coefficient (Wildman–Crippen LogP) is 3.63. The van der Waals surface area contributed by atoms with Gasteiger partial charge in [0.25, 0.3) is 5.91 Å². The van der Waals surface area contributed by atoms with Crippen LogP contribution >= 0.6 is 0 Å². The Bertz CT molecular complexity index is 781. The van der Waals surface area contributed by atoms with E-state index in [-0.39, 0.29) is 11.5 Å². The molecular formula is C16H11FN2O. The molecule has 20 heavy (non-hydrogen) atoms. The van der Waals surface area contributed by atoms with Crippen LogP contribution in [0.2, 0.25) is 0 Å². The van der Waals surface area contributed by atoms with Crippen molar-refractivity contribution in [3.05, 3.63) is 72.2 Å². The zero-order chi connectivity index (χ0) is 13.9. The number of nitrogens with zero attached hydrogens (tertiary/aromatic N) is 1. The quantitative estimate of drug-likeness (QED) is 0.769. The van der Waals surface area contributed by atoms with Crippen LogP contribution < -0.4 is 5.32 Å². The average Bonchev–Trinajstić information content (AvgIpc) is 2.47. The second kappa shape index (κ2) is 5.09. The van der Waals surface area contributed by atoms with Crippen LogP contribution in [0.5, 0.6) is 0 Å². The van der Waals surface area contributed by atoms with E-state index in [4.69, 9.17) is 0 Å². The number of aromatic nitrogens is 1. The molecule has 0 aliphatic rings. The van der Waals surface area contributed by atoms with E-state index in [1.54, 1.807) is 18.3 Å². The zero-order valence-electron chi connectivity index (χ0n) is 10.5. The maximum Gasteiger partial charge on any atom is 0.255 e. The van der Waals surface area contributed by atoms with Crippen LogP contribution in [-0.4, -0.2) is 10.9 Å². The largest absolute Gasteiger partial charge is 0.321 e. The lowest BCUT2D eigenvalue weighted by Crippen LogP contribution is -2.12. The van der Waals surface area contributed by atoms with Crippen LogP contribution in [0.15, 0.2) is 60.8 Å². The Labute approximate surface area is 115 Å². The van der Waals surface area contributed by atoms with Gasteiger partial charge in [-0.3, -0.25) is 9.78 Å². The van der Waals surface area contributed by atoms with Crippen molar-refractivity contribution in [1.82, 2.24) is 4.98 Å². The molecule has 0 radical (unpaired) electrons. The molecular weight excluding hydrogens is 255 g/mol. The molecule has 0 saturated heterocycles. The molecule has 1 heterocycles. The number of carbonyl (C=O) groups is 1. The number of hydrogen-bond donors (Lipinski definition) is 1. The third-order valence-corrected chi connectivity index (χ3v) is 2.98. The Morgan fingerprint density at radius 1 is 1.05 bits per heavy atom. The van der Waals surface area contributed by atoms with E-state index in [1.807, 2.05) is 24.3 Å². The van der Waals surface area contributed by atoms with Crippen molar-refractivity contribution in [1.29, 1.82) is 0 Å². The second-order valence-corrected chi connectivity index (χ2v) is 4.34. The third-order valence-electron chi connectivity index (χ3n) is 2.98. The molecule has 4 heteroatoms. The second-order valence-electron chi connectivity index (χ2n) is 4.34. The van der Waals surface area contributed by atoms with Gasteiger partial charge >= 0.3 is 0 Å². The van der Waals surface area contributed by atoms with E-state index in [1.165, 1.54) is 18.2 Å². The normalized spacial score (nSPS) is 10.4. The molecule has 0 aliphatic carbocycles. The maximum atomic E-state index is 13.1. The number of fused-ring (bicyclic) bond motifs is 1. The summed E-state index contributed by atoms with van der Waals surface area (Å²) in [6.07, 6.45) is 1.63. The van der Waals surface area contributed by atoms with Gasteiger partial charge in [0.2, 0.25) is 0 Å². The highest BCUT2D eigenvalue weighted by Gasteiger charge is 2.09. The minimum absolute atomic E-state index is 0.283. The molecule has 0 unspecified atom stereocenters. The van der Waals surface area contributed by atoms with Gasteiger partial charge in [-0.05, 0) is 30.3 Å². The number of rotatable bonds is 2. The lowest BCUT2D eigenvalue weighted by atomic mass is 10.1. The number of hydrogen-bond acceptors (Lipinski definition) is 2. The van der Waals surface area contributed by atoms with E-state index in [0.717, 1.165) is 10.9 Å². The number of pyridine rings is 1. The lowest BCUT2D eigenvalue weighted by molar-refractivity contribution is 0.102. The molecule has 0 saturated carbocycles. The predicted molar refractivity (Wildman–Crippen MR) is 76.1 cm³/mol. The molecule has 1 N–H and O–H groups in total. The maximum absolute atomic E-state index is 13.1. The third kappa shape index (κ3) is 2.36. The fraction of sp³-hybridized carbons (Fsp3) is 0. The van der Waals surface area contributed by atoms with Crippen LogP contribution in [0.4, 0.5) is 10.1 Å². The van der Waals surface area contributed by atoms with Gasteiger partial charge in [-0.2, -0.15) is 0 Å². The number of halogens is 1. The molecule has 0 fully saturated rings. The highest BCUT2D eigenvalue weighted by molar-refractivity contribution is 6.08. The SMILES string of the molecule is O=C(Nc1ccnc2ccccc12)c1cccc(F)c1. The first-order valence-electron chi connectivity index (χ1n) is 6.15. The number of anilines is 1. The monoisotopic (exact) mass is 266 g/mol. The molecule has 0 aliphatic heterocycles. The number of amides is 1. The first-order chi connectivity index (χ1) is 9.74. The highest BCUT2D eigenvalue weighted by Crippen LogP contribution is 2.21. The number of para-hydroxylation sites is 1. The van der Waals surface area contributed by atoms with E-state index in [0.29, 0.717) is 5.69 Å². The smallest absolute Gasteiger partial charge is 0.255 e. The molecule has 3 aromatic rings. The Hall–Kier alpha value is -2.75. The van der Waals surface area contributed by atoms with Gasteiger partial charge in [-0.25, -0.2) is 4.39 Å². The molecule has 0 atom stereocenters. The van der Waals surface area contributed by atoms with E-state index in [2.05, 4.69) is 10.3 Å². The summed E-state index contributed by atoms with van der Waals surface area (Å²) in [6.45, 7) is 0. The topological polar surface area (TPSA) is 42.0 Å². The summed E-state index contributed by atoms with van der Waals surface area (Å²) in [5, 5.41) is 3.63. The van der Waals surface area contributed by atoms with Crippen molar-refractivity contribution in [3.63, 3.8) is 0 Å². The Kier molecular flexibility index (Phi) is 3.13. The van der Waals surface area contributed by atoms with Crippen LogP contribution in [-0.2, 0) is 0 Å². The van der Waals surface area contributed by atoms with E-state index in [9.17, 15) is 9.18 Å². The van der Waals surface area contributed by atoms with Gasteiger partial charge in [0.1, 0.15) is 5.82 Å². The molecule has 3 rings (SSSR count). The van der Waals surface area contributed by atoms with Crippen LogP contribution in [0.25, 0.3) is 10.9 Å². The standard InChI is InChI=1S/C16H11FN2O/c17-12-5-3-4-11(10-12)16(20)19-15-8-9-18-14-7-2-1-6-13(14)15/h1-10H,(H,18,19,20). The molecule has 1 amide bonds. The molecule has 0 bridgehead atoms. The summed E-state index contributed by atoms with van der Waals surface area (Å²) in [5.74, 6) is -0.780. The van der Waals surface area contributed by atoms with Crippen molar-refractivity contribution in [3.8, 4) is 0 Å². The van der Waals surface area contributed by atoms with Gasteiger partial charge in [-0.15, -0.1) is 0 Å². The molecule has 1 aromatic heterocycles. The van der Waals surface area contributed by atoms with Crippen LogP contribution in [0.1, 0.15) is 10.4 Å². The average molecular weight is 266 g/mol. The fourth-order valence-corrected chi connectivity index (χ4v) is 2.03. The Morgan fingerprint density at radius 2 is 1.90 bits per heavy atom. The van der Waals surface area contributed by atoms with Crippen molar-refractivity contribution >= 4 is 22.5 Å². The van der Waals surface area contributed by atoms with Gasteiger partial charge in [0, 0.05) is 17.1 Å². The van der Waals surface area contributed by atoms with Gasteiger partial charge in [0.15, 0.2) is 0 Å². The molecule has 0 spiro atoms. The molecule has 3 nitrogen and oxygen atoms in total. The highest BCUT2D eigenvalue weighted by atomic mass is 19.1. The summed E-state index contributed by atoms with van der Waals surface area (Å²) in [6, 6.07) is 14.8. The Balaban J connectivity index is 1.95. The van der Waals surface area contributed by atoms with Crippen molar-refractivity contribution in [2.75, 3.05) is 5.32 Å². The minimum Gasteiger partial charge on any atom is -0.321 e. The van der Waals surface area contributed by atoms with Gasteiger partial charge < -0.3 is 5.32 Å². The summed E-state index contributed by atoms with van der Waals surface area (Å²) in [4.78, 5) is 16.3. The van der Waals surface area contributed by atoms with Crippen molar-refractivity contribution in [2.24, 2.45) is 0 Å². The van der Waals surface area contributed by atoms with E-state index < -0.39 is 5.82 Å². The Morgan fingerprint density at radius 3 is 2.75 bits per heavy atom. The number of benzene rings is 2. The van der Waals surface area contributed by atoms with Crippen LogP contribution in [0, 0.1) is 5.82 Å². The van der Waals surface area contributed by atoms with E-state index >= 15 is 0 Å². The zero-order valence-corrected chi connectivity index (χ0v) is 10.5. The number of carbonyl (C=O) groups excluding carboxylic acids is 1. The van der Waals surface area contributed by atoms with Crippen molar-refractivity contribution < 1.29 is 9.18 Å². The first kappa shape index (κ1) is 12.3. The summed E-state index contributed by atoms with van der Waals surface area (Å²) >= 11 is 0. The van der Waals surface area contributed by atoms with Gasteiger partial charge in [-0.1, -0.05) is 24.3 Å². The molecule has 2 aromatic carbocycles. The van der Waals surface area contributed by atoms with Crippen LogP contribution in [0.3, 0.4) is 0 Å². The fourth-order valence-electron chi connectivity index (χ4n) is 2.03. The molecule has 98 valence electrons. The first-order valence-corrected chi connectivity index (χ1v) is 6.15. The lowest BCUT2D eigenvalue weighted by Gasteiger charge is -2.08. The van der Waals surface area contributed by atoms with Gasteiger partial charge in [0.05, 0.1) is 11.2 Å².